The van der Waals surface area contributed by atoms with Crippen molar-refractivity contribution in [2.24, 2.45) is 0 Å². The summed E-state index contributed by atoms with van der Waals surface area (Å²) in [5, 5.41) is 2.57. The highest BCUT2D eigenvalue weighted by atomic mass is 35.5. The Balaban J connectivity index is 2.07. The summed E-state index contributed by atoms with van der Waals surface area (Å²) in [6.07, 6.45) is -7.79. The summed E-state index contributed by atoms with van der Waals surface area (Å²) in [7, 11) is 0. The molecule has 11 heteroatoms. The number of anilines is 1. The van der Waals surface area contributed by atoms with Crippen LogP contribution in [0.5, 0.6) is 5.75 Å². The number of esters is 1. The highest BCUT2D eigenvalue weighted by Gasteiger charge is 2.36. The van der Waals surface area contributed by atoms with Crippen LogP contribution < -0.4 is 10.1 Å². The third-order valence-electron chi connectivity index (χ3n) is 4.31. The number of hydrogen-bond donors (Lipinski definition) is 1. The molecule has 2 aromatic rings. The molecule has 6 nitrogen and oxygen atoms in total. The van der Waals surface area contributed by atoms with Gasteiger partial charge in [-0.15, -0.1) is 13.2 Å². The van der Waals surface area contributed by atoms with Crippen LogP contribution in [0.25, 0.3) is 0 Å². The lowest BCUT2D eigenvalue weighted by Gasteiger charge is -2.23. The molecule has 0 fully saturated rings. The van der Waals surface area contributed by atoms with Gasteiger partial charge in [0.1, 0.15) is 18.0 Å². The first kappa shape index (κ1) is 23.2. The summed E-state index contributed by atoms with van der Waals surface area (Å²) in [5.74, 6) is -1.94. The molecule has 1 aliphatic heterocycles. The van der Waals surface area contributed by atoms with Crippen molar-refractivity contribution in [1.29, 1.82) is 0 Å². The molecule has 1 N–H and O–H groups in total. The Morgan fingerprint density at radius 2 is 1.94 bits per heavy atom. The van der Waals surface area contributed by atoms with Crippen LogP contribution in [-0.2, 0) is 19.1 Å². The van der Waals surface area contributed by atoms with Gasteiger partial charge in [-0.2, -0.15) is 0 Å². The Labute approximate surface area is 185 Å². The minimum Gasteiger partial charge on any atom is -0.466 e. The van der Waals surface area contributed by atoms with E-state index < -0.39 is 42.6 Å². The number of amides is 1. The summed E-state index contributed by atoms with van der Waals surface area (Å²) < 4.78 is 53.0. The summed E-state index contributed by atoms with van der Waals surface area (Å²) in [4.78, 5) is 24.6. The number of alkyl halides is 3. The zero-order valence-corrected chi connectivity index (χ0v) is 17.5. The molecule has 0 aliphatic carbocycles. The lowest BCUT2D eigenvalue weighted by molar-refractivity contribution is -0.274. The van der Waals surface area contributed by atoms with E-state index in [4.69, 9.17) is 32.7 Å². The van der Waals surface area contributed by atoms with Crippen molar-refractivity contribution >= 4 is 40.8 Å². The Kier molecular flexibility index (Phi) is 6.98. The molecule has 1 amide bonds. The molecule has 2 aromatic carbocycles. The van der Waals surface area contributed by atoms with Gasteiger partial charge in [0.25, 0.3) is 5.91 Å². The minimum absolute atomic E-state index is 0.0947. The molecule has 166 valence electrons. The number of hydrogen-bond acceptors (Lipinski definition) is 5. The zero-order valence-electron chi connectivity index (χ0n) is 16.0. The molecule has 1 heterocycles. The monoisotopic (exact) mass is 477 g/mol. The first-order valence-corrected chi connectivity index (χ1v) is 9.80. The lowest BCUT2D eigenvalue weighted by Crippen LogP contribution is -2.32. The molecule has 0 radical (unpaired) electrons. The molecule has 0 bridgehead atoms. The van der Waals surface area contributed by atoms with E-state index in [-0.39, 0.29) is 17.2 Å². The smallest absolute Gasteiger partial charge is 0.466 e. The maximum absolute atomic E-state index is 12.7. The summed E-state index contributed by atoms with van der Waals surface area (Å²) in [5.41, 5.74) is 0.750. The fourth-order valence-corrected chi connectivity index (χ4v) is 3.51. The van der Waals surface area contributed by atoms with Crippen molar-refractivity contribution in [3.63, 3.8) is 0 Å². The molecule has 0 unspecified atom stereocenters. The van der Waals surface area contributed by atoms with Crippen molar-refractivity contribution in [3.8, 4) is 5.75 Å². The predicted molar refractivity (Wildman–Crippen MR) is 106 cm³/mol. The summed E-state index contributed by atoms with van der Waals surface area (Å²) >= 11 is 12.3. The van der Waals surface area contributed by atoms with Gasteiger partial charge in [-0.1, -0.05) is 35.3 Å². The number of nitrogens with one attached hydrogen (secondary N) is 1. The molecule has 0 spiro atoms. The lowest BCUT2D eigenvalue weighted by atomic mass is 9.99. The predicted octanol–water partition coefficient (Wildman–Crippen LogP) is 5.27. The number of carbonyl (C=O) groups excluding carboxylic acids is 2. The van der Waals surface area contributed by atoms with E-state index >= 15 is 0 Å². The highest BCUT2D eigenvalue weighted by Crippen LogP contribution is 2.43. The van der Waals surface area contributed by atoms with E-state index in [9.17, 15) is 22.8 Å². The number of benzene rings is 2. The largest absolute Gasteiger partial charge is 0.573 e. The molecule has 31 heavy (non-hydrogen) atoms. The van der Waals surface area contributed by atoms with E-state index in [1.807, 2.05) is 0 Å². The molecule has 0 saturated carbocycles. The molecular weight excluding hydrogens is 462 g/mol. The van der Waals surface area contributed by atoms with Gasteiger partial charge in [-0.3, -0.25) is 9.59 Å². The van der Waals surface area contributed by atoms with Gasteiger partial charge in [0.05, 0.1) is 18.1 Å². The number of halogens is 5. The van der Waals surface area contributed by atoms with Crippen molar-refractivity contribution in [3.05, 3.63) is 57.6 Å². The first-order valence-electron chi connectivity index (χ1n) is 9.04. The molecule has 2 atom stereocenters. The van der Waals surface area contributed by atoms with Gasteiger partial charge in [-0.25, -0.2) is 0 Å². The van der Waals surface area contributed by atoms with Crippen LogP contribution >= 0.6 is 23.2 Å². The third kappa shape index (κ3) is 5.61. The fraction of sp³-hybridized carbons (Fsp3) is 0.300. The number of carbonyl (C=O) groups is 2. The van der Waals surface area contributed by atoms with Crippen molar-refractivity contribution in [1.82, 2.24) is 0 Å². The average molecular weight is 478 g/mol. The van der Waals surface area contributed by atoms with E-state index in [0.717, 1.165) is 6.07 Å². The molecule has 0 saturated heterocycles. The Bertz CT molecular complexity index is 999. The molecule has 0 aromatic heterocycles. The Morgan fingerprint density at radius 3 is 2.61 bits per heavy atom. The maximum atomic E-state index is 12.7. The second kappa shape index (κ2) is 9.33. The molecule has 1 aliphatic rings. The quantitative estimate of drug-likeness (QED) is 0.593. The van der Waals surface area contributed by atoms with Crippen LogP contribution in [0.1, 0.15) is 30.6 Å². The van der Waals surface area contributed by atoms with Crippen LogP contribution in [0.15, 0.2) is 36.4 Å². The van der Waals surface area contributed by atoms with E-state index in [1.54, 1.807) is 6.92 Å². The van der Waals surface area contributed by atoms with Crippen LogP contribution in [0, 0.1) is 0 Å². The van der Waals surface area contributed by atoms with Crippen molar-refractivity contribution < 1.29 is 37.0 Å². The van der Waals surface area contributed by atoms with E-state index in [1.165, 1.54) is 30.3 Å². The van der Waals surface area contributed by atoms with Crippen molar-refractivity contribution in [2.45, 2.75) is 31.9 Å². The van der Waals surface area contributed by atoms with Gasteiger partial charge in [0, 0.05) is 21.8 Å². The summed E-state index contributed by atoms with van der Waals surface area (Å²) in [6, 6.07) is 8.31. The Hall–Kier alpha value is -2.49. The third-order valence-corrected chi connectivity index (χ3v) is 4.95. The van der Waals surface area contributed by atoms with Crippen LogP contribution in [-0.4, -0.2) is 30.9 Å². The SMILES string of the molecule is CCOC(=O)C[C@H]1O[C@H](c2cccc(OC(F)(F)F)c2Cl)c2cc(Cl)ccc2NC1=O. The fourth-order valence-electron chi connectivity index (χ4n) is 3.06. The van der Waals surface area contributed by atoms with Gasteiger partial charge >= 0.3 is 12.3 Å². The van der Waals surface area contributed by atoms with Crippen LogP contribution in [0.2, 0.25) is 10.0 Å². The number of fused-ring (bicyclic) bond motifs is 1. The maximum Gasteiger partial charge on any atom is 0.573 e. The van der Waals surface area contributed by atoms with Crippen molar-refractivity contribution in [2.75, 3.05) is 11.9 Å². The first-order chi connectivity index (χ1) is 14.6. The second-order valence-corrected chi connectivity index (χ2v) is 7.26. The molecular formula is C20H16Cl2F3NO5. The number of ether oxygens (including phenoxy) is 3. The van der Waals surface area contributed by atoms with Crippen LogP contribution in [0.4, 0.5) is 18.9 Å². The van der Waals surface area contributed by atoms with Crippen LogP contribution in [0.3, 0.4) is 0 Å². The average Bonchev–Trinajstić information content (AvgIpc) is 2.80. The molecule has 3 rings (SSSR count). The van der Waals surface area contributed by atoms with Gasteiger partial charge < -0.3 is 19.5 Å². The minimum atomic E-state index is -4.96. The van der Waals surface area contributed by atoms with E-state index in [2.05, 4.69) is 10.1 Å². The standard InChI is InChI=1S/C20H16Cl2F3NO5/c1-2-29-16(27)9-15-19(28)26-13-7-6-10(21)8-12(13)18(30-15)11-4-3-5-14(17(11)22)31-20(23,24)25/h3-8,15,18H,2,9H2,1H3,(H,26,28)/t15-,18-/m1/s1. The van der Waals surface area contributed by atoms with Gasteiger partial charge in [0.2, 0.25) is 0 Å². The Morgan fingerprint density at radius 1 is 1.19 bits per heavy atom. The highest BCUT2D eigenvalue weighted by molar-refractivity contribution is 6.33. The zero-order chi connectivity index (χ0) is 22.8. The normalized spacial score (nSPS) is 18.6. The van der Waals surface area contributed by atoms with E-state index in [0.29, 0.717) is 16.3 Å². The van der Waals surface area contributed by atoms with Gasteiger partial charge in [-0.05, 0) is 31.2 Å². The topological polar surface area (TPSA) is 73.9 Å². The summed E-state index contributed by atoms with van der Waals surface area (Å²) in [6.45, 7) is 1.72. The number of rotatable bonds is 5. The second-order valence-electron chi connectivity index (χ2n) is 6.44. The van der Waals surface area contributed by atoms with Gasteiger partial charge in [0.15, 0.2) is 0 Å².